The van der Waals surface area contributed by atoms with Crippen LogP contribution in [-0.4, -0.2) is 24.7 Å². The van der Waals surface area contributed by atoms with Crippen LogP contribution in [0.4, 0.5) is 30.7 Å². The van der Waals surface area contributed by atoms with E-state index in [0.717, 1.165) is 5.32 Å². The second-order valence-corrected chi connectivity index (χ2v) is 3.88. The highest BCUT2D eigenvalue weighted by Crippen LogP contribution is 2.44. The first-order valence-corrected chi connectivity index (χ1v) is 5.03. The van der Waals surface area contributed by atoms with Crippen LogP contribution in [0.1, 0.15) is 26.7 Å². The number of rotatable bonds is 5. The molecule has 0 saturated carbocycles. The molecule has 0 bridgehead atoms. The van der Waals surface area contributed by atoms with Crippen LogP contribution in [0.3, 0.4) is 0 Å². The molecule has 0 radical (unpaired) electrons. The van der Waals surface area contributed by atoms with Crippen LogP contribution in [0.2, 0.25) is 0 Å². The van der Waals surface area contributed by atoms with E-state index in [4.69, 9.17) is 0 Å². The molecular formula is C9H14F7N. The molecule has 1 nitrogen and oxygen atoms in total. The number of alkyl halides is 7. The lowest BCUT2D eigenvalue weighted by molar-refractivity contribution is -0.352. The van der Waals surface area contributed by atoms with Gasteiger partial charge in [-0.2, -0.15) is 26.3 Å². The van der Waals surface area contributed by atoms with Crippen LogP contribution in [0.5, 0.6) is 0 Å². The standard InChI is InChI=1S/C9H14F7N/c1-3-6(2)4-5-17-7(10,8(11,12)13)9(14,15)16/h6,17H,3-5H2,1-2H3. The molecule has 1 N–H and O–H groups in total. The van der Waals surface area contributed by atoms with Gasteiger partial charge in [0.05, 0.1) is 0 Å². The summed E-state index contributed by atoms with van der Waals surface area (Å²) >= 11 is 0. The summed E-state index contributed by atoms with van der Waals surface area (Å²) < 4.78 is 85.3. The van der Waals surface area contributed by atoms with Crippen LogP contribution < -0.4 is 5.32 Å². The highest BCUT2D eigenvalue weighted by Gasteiger charge is 2.72. The van der Waals surface area contributed by atoms with Gasteiger partial charge in [-0.25, -0.2) is 4.39 Å². The summed E-state index contributed by atoms with van der Waals surface area (Å²) in [5.74, 6) is -5.42. The molecule has 0 aromatic rings. The molecule has 0 fully saturated rings. The van der Waals surface area contributed by atoms with Crippen molar-refractivity contribution in [2.45, 2.75) is 44.8 Å². The van der Waals surface area contributed by atoms with Crippen LogP contribution in [0, 0.1) is 5.92 Å². The first kappa shape index (κ1) is 16.5. The third-order valence-corrected chi connectivity index (χ3v) is 2.48. The van der Waals surface area contributed by atoms with Crippen LogP contribution in [0.25, 0.3) is 0 Å². The fraction of sp³-hybridized carbons (Fsp3) is 1.00. The second kappa shape index (κ2) is 5.41. The first-order valence-electron chi connectivity index (χ1n) is 5.03. The molecule has 0 aliphatic heterocycles. The van der Waals surface area contributed by atoms with Crippen molar-refractivity contribution in [3.05, 3.63) is 0 Å². The van der Waals surface area contributed by atoms with Crippen molar-refractivity contribution in [3.63, 3.8) is 0 Å². The predicted octanol–water partition coefficient (Wildman–Crippen LogP) is 3.80. The van der Waals surface area contributed by atoms with E-state index >= 15 is 0 Å². The smallest absolute Gasteiger partial charge is 0.269 e. The number of hydrogen-bond donors (Lipinski definition) is 1. The van der Waals surface area contributed by atoms with Gasteiger partial charge in [-0.15, -0.1) is 0 Å². The summed E-state index contributed by atoms with van der Waals surface area (Å²) in [6.07, 6.45) is -11.4. The SMILES string of the molecule is CCC(C)CCNC(F)(C(F)(F)F)C(F)(F)F. The van der Waals surface area contributed by atoms with Crippen molar-refractivity contribution in [2.75, 3.05) is 6.54 Å². The van der Waals surface area contributed by atoms with Crippen LogP contribution in [0.15, 0.2) is 0 Å². The third kappa shape index (κ3) is 4.01. The first-order chi connectivity index (χ1) is 7.45. The van der Waals surface area contributed by atoms with E-state index in [1.54, 1.807) is 13.8 Å². The largest absolute Gasteiger partial charge is 0.445 e. The normalized spacial score (nSPS) is 16.1. The van der Waals surface area contributed by atoms with Gasteiger partial charge in [-0.05, 0) is 18.9 Å². The zero-order valence-corrected chi connectivity index (χ0v) is 9.34. The monoisotopic (exact) mass is 269 g/mol. The minimum atomic E-state index is -6.03. The van der Waals surface area contributed by atoms with Crippen molar-refractivity contribution in [1.82, 2.24) is 5.32 Å². The summed E-state index contributed by atoms with van der Waals surface area (Å²) in [6, 6.07) is 0. The molecule has 0 heterocycles. The summed E-state index contributed by atoms with van der Waals surface area (Å²) in [6.45, 7) is 2.70. The minimum Gasteiger partial charge on any atom is -0.269 e. The summed E-state index contributed by atoms with van der Waals surface area (Å²) in [7, 11) is 0. The van der Waals surface area contributed by atoms with Crippen LogP contribution >= 0.6 is 0 Å². The average molecular weight is 269 g/mol. The zero-order valence-electron chi connectivity index (χ0n) is 9.34. The molecule has 0 aromatic carbocycles. The summed E-state index contributed by atoms with van der Waals surface area (Å²) in [5, 5.41) is 0.925. The van der Waals surface area contributed by atoms with E-state index < -0.39 is 24.7 Å². The van der Waals surface area contributed by atoms with Crippen molar-refractivity contribution in [2.24, 2.45) is 5.92 Å². The van der Waals surface area contributed by atoms with E-state index in [-0.39, 0.29) is 12.3 Å². The maximum absolute atomic E-state index is 13.0. The van der Waals surface area contributed by atoms with Gasteiger partial charge in [0.1, 0.15) is 0 Å². The summed E-state index contributed by atoms with van der Waals surface area (Å²) in [4.78, 5) is 0. The Hall–Kier alpha value is -0.530. The number of hydrogen-bond acceptors (Lipinski definition) is 1. The Morgan fingerprint density at radius 2 is 1.35 bits per heavy atom. The highest BCUT2D eigenvalue weighted by molar-refractivity contribution is 4.92. The molecule has 0 amide bonds. The molecular weight excluding hydrogens is 255 g/mol. The van der Waals surface area contributed by atoms with Gasteiger partial charge in [-0.3, -0.25) is 5.32 Å². The molecule has 1 unspecified atom stereocenters. The Morgan fingerprint density at radius 3 is 1.65 bits per heavy atom. The molecule has 104 valence electrons. The van der Waals surface area contributed by atoms with E-state index in [1.807, 2.05) is 0 Å². The molecule has 0 aliphatic carbocycles. The maximum atomic E-state index is 13.0. The van der Waals surface area contributed by atoms with Crippen molar-refractivity contribution >= 4 is 0 Å². The summed E-state index contributed by atoms with van der Waals surface area (Å²) in [5.41, 5.74) is 0. The molecule has 0 saturated heterocycles. The van der Waals surface area contributed by atoms with E-state index in [1.165, 1.54) is 0 Å². The molecule has 17 heavy (non-hydrogen) atoms. The lowest BCUT2D eigenvalue weighted by Crippen LogP contribution is -2.63. The molecule has 0 rings (SSSR count). The molecule has 0 aromatic heterocycles. The average Bonchev–Trinajstić information content (AvgIpc) is 2.13. The molecule has 0 aliphatic rings. The fourth-order valence-corrected chi connectivity index (χ4v) is 1.06. The quantitative estimate of drug-likeness (QED) is 0.591. The predicted molar refractivity (Wildman–Crippen MR) is 48.0 cm³/mol. The van der Waals surface area contributed by atoms with Gasteiger partial charge in [0.25, 0.3) is 0 Å². The van der Waals surface area contributed by atoms with E-state index in [9.17, 15) is 30.7 Å². The zero-order chi connectivity index (χ0) is 13.9. The lowest BCUT2D eigenvalue weighted by atomic mass is 10.1. The Morgan fingerprint density at radius 1 is 0.941 bits per heavy atom. The van der Waals surface area contributed by atoms with Gasteiger partial charge >= 0.3 is 18.1 Å². The van der Waals surface area contributed by atoms with Crippen LogP contribution in [-0.2, 0) is 0 Å². The van der Waals surface area contributed by atoms with Gasteiger partial charge in [-0.1, -0.05) is 20.3 Å². The highest BCUT2D eigenvalue weighted by atomic mass is 19.4. The Bertz CT molecular complexity index is 218. The Kier molecular flexibility index (Phi) is 5.24. The Labute approximate surface area is 94.4 Å². The molecule has 8 heteroatoms. The Balaban J connectivity index is 4.65. The topological polar surface area (TPSA) is 12.0 Å². The van der Waals surface area contributed by atoms with Crippen molar-refractivity contribution in [3.8, 4) is 0 Å². The molecule has 0 spiro atoms. The van der Waals surface area contributed by atoms with Gasteiger partial charge in [0.2, 0.25) is 0 Å². The van der Waals surface area contributed by atoms with E-state index in [0.29, 0.717) is 6.42 Å². The number of halogens is 7. The maximum Gasteiger partial charge on any atom is 0.445 e. The lowest BCUT2D eigenvalue weighted by Gasteiger charge is -2.31. The minimum absolute atomic E-state index is 0.0360. The fourth-order valence-electron chi connectivity index (χ4n) is 1.06. The number of nitrogens with one attached hydrogen (secondary N) is 1. The van der Waals surface area contributed by atoms with Crippen molar-refractivity contribution < 1.29 is 30.7 Å². The van der Waals surface area contributed by atoms with Gasteiger partial charge in [0.15, 0.2) is 0 Å². The van der Waals surface area contributed by atoms with Gasteiger partial charge in [0, 0.05) is 0 Å². The van der Waals surface area contributed by atoms with E-state index in [2.05, 4.69) is 0 Å². The third-order valence-electron chi connectivity index (χ3n) is 2.48. The van der Waals surface area contributed by atoms with Crippen molar-refractivity contribution in [1.29, 1.82) is 0 Å². The second-order valence-electron chi connectivity index (χ2n) is 3.88. The molecule has 1 atom stereocenters. The van der Waals surface area contributed by atoms with Gasteiger partial charge < -0.3 is 0 Å².